The van der Waals surface area contributed by atoms with Crippen LogP contribution in [0.3, 0.4) is 0 Å². The minimum atomic E-state index is -0.906. The Balaban J connectivity index is 1.94. The Kier molecular flexibility index (Phi) is 6.58. The molecule has 2 aromatic carbocycles. The van der Waals surface area contributed by atoms with E-state index in [0.717, 1.165) is 11.1 Å². The molecule has 1 atom stereocenters. The molecular weight excluding hydrogens is 386 g/mol. The Morgan fingerprint density at radius 3 is 2.48 bits per heavy atom. The molecule has 5 nitrogen and oxygen atoms in total. The van der Waals surface area contributed by atoms with Gasteiger partial charge < -0.3 is 14.8 Å². The highest BCUT2D eigenvalue weighted by Gasteiger charge is 2.20. The van der Waals surface area contributed by atoms with Crippen LogP contribution in [0.1, 0.15) is 28.4 Å². The van der Waals surface area contributed by atoms with Crippen molar-refractivity contribution in [2.24, 2.45) is 0 Å². The van der Waals surface area contributed by atoms with Crippen molar-refractivity contribution in [2.75, 3.05) is 7.11 Å². The number of hydrogen-bond acceptors (Lipinski definition) is 4. The SMILES string of the molecule is COc1ccc(Br)c(C(=O)O[C@H](C)C(=O)NCc2ccc(C)cc2)c1. The van der Waals surface area contributed by atoms with E-state index < -0.39 is 12.1 Å². The van der Waals surface area contributed by atoms with Gasteiger partial charge in [-0.1, -0.05) is 29.8 Å². The molecule has 0 unspecified atom stereocenters. The second-order valence-electron chi connectivity index (χ2n) is 5.60. The van der Waals surface area contributed by atoms with E-state index in [9.17, 15) is 9.59 Å². The zero-order valence-corrected chi connectivity index (χ0v) is 15.9. The molecule has 0 bridgehead atoms. The fraction of sp³-hybridized carbons (Fsp3) is 0.263. The maximum Gasteiger partial charge on any atom is 0.340 e. The predicted octanol–water partition coefficient (Wildman–Crippen LogP) is 3.63. The summed E-state index contributed by atoms with van der Waals surface area (Å²) in [5, 5.41) is 2.76. The van der Waals surface area contributed by atoms with Crippen LogP contribution >= 0.6 is 15.9 Å². The second-order valence-corrected chi connectivity index (χ2v) is 6.45. The normalized spacial score (nSPS) is 11.5. The maximum atomic E-state index is 12.3. The minimum absolute atomic E-state index is 0.303. The van der Waals surface area contributed by atoms with E-state index in [4.69, 9.17) is 9.47 Å². The number of nitrogens with one attached hydrogen (secondary N) is 1. The van der Waals surface area contributed by atoms with Crippen molar-refractivity contribution in [3.05, 3.63) is 63.6 Å². The van der Waals surface area contributed by atoms with Crippen molar-refractivity contribution >= 4 is 27.8 Å². The summed E-state index contributed by atoms with van der Waals surface area (Å²) >= 11 is 3.30. The fourth-order valence-electron chi connectivity index (χ4n) is 2.10. The second kappa shape index (κ2) is 8.67. The molecule has 0 heterocycles. The van der Waals surface area contributed by atoms with Gasteiger partial charge in [-0.25, -0.2) is 4.79 Å². The van der Waals surface area contributed by atoms with Crippen molar-refractivity contribution in [3.8, 4) is 5.75 Å². The van der Waals surface area contributed by atoms with Crippen LogP contribution in [-0.4, -0.2) is 25.1 Å². The van der Waals surface area contributed by atoms with Crippen molar-refractivity contribution in [2.45, 2.75) is 26.5 Å². The lowest BCUT2D eigenvalue weighted by atomic mass is 10.1. The number of benzene rings is 2. The van der Waals surface area contributed by atoms with Gasteiger partial charge in [0.25, 0.3) is 5.91 Å². The Morgan fingerprint density at radius 1 is 1.16 bits per heavy atom. The summed E-state index contributed by atoms with van der Waals surface area (Å²) < 4.78 is 10.9. The topological polar surface area (TPSA) is 64.6 Å². The molecule has 0 fully saturated rings. The van der Waals surface area contributed by atoms with Crippen molar-refractivity contribution in [1.82, 2.24) is 5.32 Å². The minimum Gasteiger partial charge on any atom is -0.497 e. The van der Waals surface area contributed by atoms with Gasteiger partial charge in [0, 0.05) is 11.0 Å². The van der Waals surface area contributed by atoms with Crippen LogP contribution in [0.25, 0.3) is 0 Å². The molecule has 2 aromatic rings. The number of aryl methyl sites for hydroxylation is 1. The van der Waals surface area contributed by atoms with E-state index in [0.29, 0.717) is 22.3 Å². The van der Waals surface area contributed by atoms with Gasteiger partial charge in [-0.3, -0.25) is 4.79 Å². The number of carbonyl (C=O) groups excluding carboxylic acids is 2. The number of ether oxygens (including phenoxy) is 2. The summed E-state index contributed by atoms with van der Waals surface area (Å²) in [6.07, 6.45) is -0.906. The van der Waals surface area contributed by atoms with Crippen molar-refractivity contribution in [3.63, 3.8) is 0 Å². The summed E-state index contributed by atoms with van der Waals surface area (Å²) in [6.45, 7) is 3.92. The summed E-state index contributed by atoms with van der Waals surface area (Å²) in [4.78, 5) is 24.4. The van der Waals surface area contributed by atoms with Crippen LogP contribution in [-0.2, 0) is 16.1 Å². The third kappa shape index (κ3) is 5.32. The summed E-state index contributed by atoms with van der Waals surface area (Å²) in [6, 6.07) is 12.8. The van der Waals surface area contributed by atoms with Gasteiger partial charge >= 0.3 is 5.97 Å². The number of rotatable bonds is 6. The van der Waals surface area contributed by atoms with Crippen LogP contribution in [0.2, 0.25) is 0 Å². The number of hydrogen-bond donors (Lipinski definition) is 1. The number of amides is 1. The van der Waals surface area contributed by atoms with Crippen LogP contribution in [0.5, 0.6) is 5.75 Å². The lowest BCUT2D eigenvalue weighted by molar-refractivity contribution is -0.129. The van der Waals surface area contributed by atoms with Gasteiger partial charge in [-0.05, 0) is 53.5 Å². The molecule has 6 heteroatoms. The highest BCUT2D eigenvalue weighted by molar-refractivity contribution is 9.10. The molecule has 0 aromatic heterocycles. The Bertz CT molecular complexity index is 759. The lowest BCUT2D eigenvalue weighted by Crippen LogP contribution is -2.35. The molecule has 0 aliphatic rings. The van der Waals surface area contributed by atoms with Gasteiger partial charge in [0.05, 0.1) is 12.7 Å². The van der Waals surface area contributed by atoms with E-state index in [1.54, 1.807) is 18.2 Å². The number of halogens is 1. The van der Waals surface area contributed by atoms with Crippen molar-refractivity contribution in [1.29, 1.82) is 0 Å². The molecule has 2 rings (SSSR count). The molecule has 0 aliphatic carbocycles. The lowest BCUT2D eigenvalue weighted by Gasteiger charge is -2.14. The van der Waals surface area contributed by atoms with E-state index in [-0.39, 0.29) is 5.91 Å². The smallest absolute Gasteiger partial charge is 0.340 e. The quantitative estimate of drug-likeness (QED) is 0.745. The highest BCUT2D eigenvalue weighted by atomic mass is 79.9. The van der Waals surface area contributed by atoms with E-state index in [1.165, 1.54) is 14.0 Å². The van der Waals surface area contributed by atoms with Gasteiger partial charge in [-0.2, -0.15) is 0 Å². The zero-order chi connectivity index (χ0) is 18.4. The van der Waals surface area contributed by atoms with E-state index in [2.05, 4.69) is 21.2 Å². The summed E-state index contributed by atoms with van der Waals surface area (Å²) in [7, 11) is 1.51. The largest absolute Gasteiger partial charge is 0.497 e. The molecule has 0 saturated carbocycles. The Hall–Kier alpha value is -2.34. The third-order valence-corrected chi connectivity index (χ3v) is 4.33. The predicted molar refractivity (Wildman–Crippen MR) is 98.6 cm³/mol. The van der Waals surface area contributed by atoms with Gasteiger partial charge in [0.1, 0.15) is 5.75 Å². The molecule has 0 radical (unpaired) electrons. The first kappa shape index (κ1) is 19.0. The molecule has 1 amide bonds. The van der Waals surface area contributed by atoms with Crippen LogP contribution in [0.15, 0.2) is 46.9 Å². The molecule has 132 valence electrons. The fourth-order valence-corrected chi connectivity index (χ4v) is 2.51. The molecule has 0 spiro atoms. The molecule has 0 saturated heterocycles. The standard InChI is InChI=1S/C19H20BrNO4/c1-12-4-6-14(7-5-12)11-21-18(22)13(2)25-19(23)16-10-15(24-3)8-9-17(16)20/h4-10,13H,11H2,1-3H3,(H,21,22)/t13-/m1/s1. The van der Waals surface area contributed by atoms with Crippen LogP contribution < -0.4 is 10.1 Å². The first-order valence-corrected chi connectivity index (χ1v) is 8.57. The number of esters is 1. The molecular formula is C19H20BrNO4. The van der Waals surface area contributed by atoms with Gasteiger partial charge in [-0.15, -0.1) is 0 Å². The first-order valence-electron chi connectivity index (χ1n) is 7.78. The van der Waals surface area contributed by atoms with Crippen molar-refractivity contribution < 1.29 is 19.1 Å². The summed E-state index contributed by atoms with van der Waals surface area (Å²) in [5.74, 6) is -0.414. The number of methoxy groups -OCH3 is 1. The zero-order valence-electron chi connectivity index (χ0n) is 14.3. The average molecular weight is 406 g/mol. The monoisotopic (exact) mass is 405 g/mol. The maximum absolute atomic E-state index is 12.3. The van der Waals surface area contributed by atoms with Crippen LogP contribution in [0.4, 0.5) is 0 Å². The Morgan fingerprint density at radius 2 is 1.84 bits per heavy atom. The molecule has 25 heavy (non-hydrogen) atoms. The highest BCUT2D eigenvalue weighted by Crippen LogP contribution is 2.23. The third-order valence-electron chi connectivity index (χ3n) is 3.63. The average Bonchev–Trinajstić information content (AvgIpc) is 2.61. The Labute approximate surface area is 155 Å². The van der Waals surface area contributed by atoms with E-state index in [1.807, 2.05) is 31.2 Å². The first-order chi connectivity index (χ1) is 11.9. The van der Waals surface area contributed by atoms with Gasteiger partial charge in [0.15, 0.2) is 6.10 Å². The van der Waals surface area contributed by atoms with Crippen LogP contribution in [0, 0.1) is 6.92 Å². The molecule has 1 N–H and O–H groups in total. The number of carbonyl (C=O) groups is 2. The van der Waals surface area contributed by atoms with Gasteiger partial charge in [0.2, 0.25) is 0 Å². The summed E-state index contributed by atoms with van der Waals surface area (Å²) in [5.41, 5.74) is 2.44. The molecule has 0 aliphatic heterocycles. The van der Waals surface area contributed by atoms with E-state index >= 15 is 0 Å².